The van der Waals surface area contributed by atoms with Crippen LogP contribution < -0.4 is 5.32 Å². The summed E-state index contributed by atoms with van der Waals surface area (Å²) in [6.07, 6.45) is 3.65. The zero-order valence-electron chi connectivity index (χ0n) is 9.75. The zero-order chi connectivity index (χ0) is 13.1. The standard InChI is InChI=1S/C12H12BrCl2N3/c1-2-18-7-16-5-8(18)6-17-10-4-3-9(13)11(14)12(10)15/h3-5,7,17H,2,6H2,1H3. The van der Waals surface area contributed by atoms with Crippen LogP contribution in [0, 0.1) is 0 Å². The molecule has 0 aliphatic carbocycles. The fraction of sp³-hybridized carbons (Fsp3) is 0.250. The highest BCUT2D eigenvalue weighted by Gasteiger charge is 2.08. The number of nitrogens with one attached hydrogen (secondary N) is 1. The van der Waals surface area contributed by atoms with Gasteiger partial charge < -0.3 is 9.88 Å². The minimum absolute atomic E-state index is 0.519. The van der Waals surface area contributed by atoms with Crippen LogP contribution in [-0.2, 0) is 13.1 Å². The van der Waals surface area contributed by atoms with E-state index in [4.69, 9.17) is 23.2 Å². The van der Waals surface area contributed by atoms with Crippen molar-refractivity contribution in [3.8, 4) is 0 Å². The molecule has 0 radical (unpaired) electrons. The van der Waals surface area contributed by atoms with Gasteiger partial charge in [0.2, 0.25) is 0 Å². The van der Waals surface area contributed by atoms with Gasteiger partial charge in [0.25, 0.3) is 0 Å². The fourth-order valence-electron chi connectivity index (χ4n) is 1.63. The molecular weight excluding hydrogens is 337 g/mol. The number of benzene rings is 1. The lowest BCUT2D eigenvalue weighted by Crippen LogP contribution is -2.06. The summed E-state index contributed by atoms with van der Waals surface area (Å²) < 4.78 is 2.86. The van der Waals surface area contributed by atoms with Gasteiger partial charge in [0.05, 0.1) is 34.3 Å². The number of halogens is 3. The molecule has 1 heterocycles. The predicted octanol–water partition coefficient (Wildman–Crippen LogP) is 4.58. The second-order valence-electron chi connectivity index (χ2n) is 3.75. The molecule has 6 heteroatoms. The lowest BCUT2D eigenvalue weighted by Gasteiger charge is -2.11. The van der Waals surface area contributed by atoms with Crippen molar-refractivity contribution in [2.45, 2.75) is 20.0 Å². The molecule has 1 aromatic heterocycles. The Morgan fingerprint density at radius 2 is 2.11 bits per heavy atom. The first-order chi connectivity index (χ1) is 8.63. The van der Waals surface area contributed by atoms with Gasteiger partial charge >= 0.3 is 0 Å². The highest BCUT2D eigenvalue weighted by molar-refractivity contribution is 9.10. The molecule has 18 heavy (non-hydrogen) atoms. The number of anilines is 1. The lowest BCUT2D eigenvalue weighted by atomic mass is 10.3. The molecule has 2 rings (SSSR count). The molecule has 1 aromatic carbocycles. The molecule has 0 aliphatic rings. The highest BCUT2D eigenvalue weighted by atomic mass is 79.9. The van der Waals surface area contributed by atoms with Gasteiger partial charge in [-0.1, -0.05) is 23.2 Å². The van der Waals surface area contributed by atoms with E-state index in [1.165, 1.54) is 0 Å². The van der Waals surface area contributed by atoms with E-state index in [0.717, 1.165) is 22.4 Å². The number of rotatable bonds is 4. The first-order valence-electron chi connectivity index (χ1n) is 5.49. The van der Waals surface area contributed by atoms with E-state index in [1.807, 2.05) is 24.7 Å². The maximum absolute atomic E-state index is 6.17. The Morgan fingerprint density at radius 1 is 1.33 bits per heavy atom. The molecule has 0 aliphatic heterocycles. The molecule has 0 unspecified atom stereocenters. The summed E-state index contributed by atoms with van der Waals surface area (Å²) in [5.74, 6) is 0. The molecule has 96 valence electrons. The van der Waals surface area contributed by atoms with Crippen LogP contribution in [0.1, 0.15) is 12.6 Å². The maximum Gasteiger partial charge on any atom is 0.0948 e. The van der Waals surface area contributed by atoms with Crippen molar-refractivity contribution in [3.63, 3.8) is 0 Å². The molecule has 2 aromatic rings. The van der Waals surface area contributed by atoms with E-state index in [-0.39, 0.29) is 0 Å². The molecule has 0 atom stereocenters. The first-order valence-corrected chi connectivity index (χ1v) is 7.04. The average Bonchev–Trinajstić information content (AvgIpc) is 2.82. The number of nitrogens with zero attached hydrogens (tertiary/aromatic N) is 2. The van der Waals surface area contributed by atoms with Gasteiger partial charge in [-0.2, -0.15) is 0 Å². The number of aryl methyl sites for hydroxylation is 1. The van der Waals surface area contributed by atoms with Crippen LogP contribution in [0.5, 0.6) is 0 Å². The minimum Gasteiger partial charge on any atom is -0.378 e. The third-order valence-corrected chi connectivity index (χ3v) is 4.41. The van der Waals surface area contributed by atoms with E-state index in [0.29, 0.717) is 16.6 Å². The van der Waals surface area contributed by atoms with Gasteiger partial charge in [-0.05, 0) is 35.0 Å². The van der Waals surface area contributed by atoms with Gasteiger partial charge in [0.15, 0.2) is 0 Å². The van der Waals surface area contributed by atoms with Crippen molar-refractivity contribution < 1.29 is 0 Å². The SMILES string of the molecule is CCn1cncc1CNc1ccc(Br)c(Cl)c1Cl. The third kappa shape index (κ3) is 2.82. The quantitative estimate of drug-likeness (QED) is 0.819. The van der Waals surface area contributed by atoms with Crippen molar-refractivity contribution in [3.05, 3.63) is 44.9 Å². The van der Waals surface area contributed by atoms with E-state index in [9.17, 15) is 0 Å². The summed E-state index contributed by atoms with van der Waals surface area (Å²) in [5.41, 5.74) is 1.92. The van der Waals surface area contributed by atoms with Gasteiger partial charge in [-0.15, -0.1) is 0 Å². The van der Waals surface area contributed by atoms with E-state index in [2.05, 4.69) is 37.7 Å². The van der Waals surface area contributed by atoms with E-state index in [1.54, 1.807) is 0 Å². The second kappa shape index (κ2) is 5.95. The Labute approximate surface area is 124 Å². The van der Waals surface area contributed by atoms with E-state index >= 15 is 0 Å². The Kier molecular flexibility index (Phi) is 4.54. The lowest BCUT2D eigenvalue weighted by molar-refractivity contribution is 0.719. The molecule has 0 spiro atoms. The zero-order valence-corrected chi connectivity index (χ0v) is 12.8. The summed E-state index contributed by atoms with van der Waals surface area (Å²) in [7, 11) is 0. The van der Waals surface area contributed by atoms with Crippen molar-refractivity contribution in [1.82, 2.24) is 9.55 Å². The molecule has 0 saturated carbocycles. The third-order valence-electron chi connectivity index (χ3n) is 2.63. The Hall–Kier alpha value is -0.710. The monoisotopic (exact) mass is 347 g/mol. The normalized spacial score (nSPS) is 10.7. The van der Waals surface area contributed by atoms with Gasteiger partial charge in [-0.25, -0.2) is 4.98 Å². The number of imidazole rings is 1. The van der Waals surface area contributed by atoms with Crippen molar-refractivity contribution in [2.75, 3.05) is 5.32 Å². The summed E-state index contributed by atoms with van der Waals surface area (Å²) in [6.45, 7) is 3.63. The second-order valence-corrected chi connectivity index (χ2v) is 5.36. The molecular formula is C12H12BrCl2N3. The van der Waals surface area contributed by atoms with Crippen LogP contribution in [0.4, 0.5) is 5.69 Å². The molecule has 0 bridgehead atoms. The average molecular weight is 349 g/mol. The van der Waals surface area contributed by atoms with Gasteiger partial charge in [0, 0.05) is 17.2 Å². The largest absolute Gasteiger partial charge is 0.378 e. The Balaban J connectivity index is 2.14. The molecule has 0 saturated heterocycles. The van der Waals surface area contributed by atoms with Crippen LogP contribution in [0.3, 0.4) is 0 Å². The molecule has 1 N–H and O–H groups in total. The maximum atomic E-state index is 6.17. The summed E-state index contributed by atoms with van der Waals surface area (Å²) in [6, 6.07) is 3.76. The predicted molar refractivity (Wildman–Crippen MR) is 79.4 cm³/mol. The van der Waals surface area contributed by atoms with Crippen molar-refractivity contribution in [1.29, 1.82) is 0 Å². The highest BCUT2D eigenvalue weighted by Crippen LogP contribution is 2.35. The fourth-order valence-corrected chi connectivity index (χ4v) is 2.47. The van der Waals surface area contributed by atoms with Crippen molar-refractivity contribution >= 4 is 44.8 Å². The summed E-state index contributed by atoms with van der Waals surface area (Å²) in [5, 5.41) is 4.30. The molecule has 3 nitrogen and oxygen atoms in total. The number of aromatic nitrogens is 2. The van der Waals surface area contributed by atoms with Crippen LogP contribution in [0.2, 0.25) is 10.0 Å². The first kappa shape index (κ1) is 13.7. The summed E-state index contributed by atoms with van der Waals surface area (Å²) in [4.78, 5) is 4.12. The van der Waals surface area contributed by atoms with Crippen LogP contribution in [0.15, 0.2) is 29.1 Å². The minimum atomic E-state index is 0.519. The number of hydrogen-bond donors (Lipinski definition) is 1. The summed E-state index contributed by atoms with van der Waals surface area (Å²) >= 11 is 15.6. The topological polar surface area (TPSA) is 29.9 Å². The molecule has 0 fully saturated rings. The Morgan fingerprint density at radius 3 is 2.83 bits per heavy atom. The van der Waals surface area contributed by atoms with Crippen molar-refractivity contribution in [2.24, 2.45) is 0 Å². The van der Waals surface area contributed by atoms with Gasteiger partial charge in [-0.3, -0.25) is 0 Å². The smallest absolute Gasteiger partial charge is 0.0948 e. The van der Waals surface area contributed by atoms with Crippen LogP contribution in [-0.4, -0.2) is 9.55 Å². The van der Waals surface area contributed by atoms with Crippen LogP contribution in [0.25, 0.3) is 0 Å². The Bertz CT molecular complexity index is 554. The number of hydrogen-bond acceptors (Lipinski definition) is 2. The van der Waals surface area contributed by atoms with Crippen LogP contribution >= 0.6 is 39.1 Å². The van der Waals surface area contributed by atoms with Gasteiger partial charge in [0.1, 0.15) is 0 Å². The van der Waals surface area contributed by atoms with E-state index < -0.39 is 0 Å². The molecule has 0 amide bonds.